The number of nitrogens with zero attached hydrogens (tertiary/aromatic N) is 3. The van der Waals surface area contributed by atoms with E-state index < -0.39 is 27.4 Å². The van der Waals surface area contributed by atoms with E-state index in [2.05, 4.69) is 15.3 Å². The van der Waals surface area contributed by atoms with Crippen LogP contribution in [0.2, 0.25) is 0 Å². The van der Waals surface area contributed by atoms with Crippen molar-refractivity contribution < 1.29 is 22.0 Å². The number of hydrogen-bond donors (Lipinski definition) is 1. The summed E-state index contributed by atoms with van der Waals surface area (Å²) in [6.45, 7) is 1.60. The Hall–Kier alpha value is -2.62. The molecule has 1 saturated heterocycles. The lowest BCUT2D eigenvalue weighted by atomic mass is 10.2. The van der Waals surface area contributed by atoms with Crippen LogP contribution in [0.1, 0.15) is 22.7 Å². The average Bonchev–Trinajstić information content (AvgIpc) is 2.96. The fourth-order valence-electron chi connectivity index (χ4n) is 2.89. The van der Waals surface area contributed by atoms with Crippen LogP contribution in [0.25, 0.3) is 0 Å². The summed E-state index contributed by atoms with van der Waals surface area (Å²) >= 11 is 0. The van der Waals surface area contributed by atoms with Crippen LogP contribution in [0.4, 0.5) is 20.3 Å². The molecule has 3 rings (SSSR count). The number of aromatic nitrogens is 2. The third-order valence-corrected chi connectivity index (χ3v) is 6.10. The molecule has 1 aliphatic rings. The number of nitrogens with one attached hydrogen (secondary N) is 1. The van der Waals surface area contributed by atoms with Gasteiger partial charge in [-0.3, -0.25) is 4.79 Å². The van der Waals surface area contributed by atoms with E-state index in [0.29, 0.717) is 24.1 Å². The topological polar surface area (TPSA) is 92.3 Å². The molecule has 10 heteroatoms. The summed E-state index contributed by atoms with van der Waals surface area (Å²) < 4.78 is 50.1. The third kappa shape index (κ3) is 4.38. The first-order valence-electron chi connectivity index (χ1n) is 8.20. The number of carbonyl (C=O) groups is 1. The molecule has 0 radical (unpaired) electrons. The molecule has 2 aromatic rings. The van der Waals surface area contributed by atoms with Gasteiger partial charge in [0.1, 0.15) is 29.0 Å². The molecule has 1 aliphatic heterocycles. The van der Waals surface area contributed by atoms with Crippen molar-refractivity contribution >= 4 is 27.2 Å². The van der Waals surface area contributed by atoms with Gasteiger partial charge in [0.05, 0.1) is 17.2 Å². The summed E-state index contributed by atoms with van der Waals surface area (Å²) in [6.07, 6.45) is 0.476. The standard InChI is InChI=1S/C17H18F2N4O3S/c1-10-20-15(17(24)22-14-4-3-11(18)7-13(14)19)8-16(21-10)23(2)12-5-6-27(25,26)9-12/h3-4,7-8,12H,5-6,9H2,1-2H3,(H,22,24). The van der Waals surface area contributed by atoms with E-state index in [1.54, 1.807) is 18.9 Å². The Labute approximate surface area is 155 Å². The molecule has 1 atom stereocenters. The molecule has 2 heterocycles. The van der Waals surface area contributed by atoms with Gasteiger partial charge in [-0.15, -0.1) is 0 Å². The van der Waals surface area contributed by atoms with E-state index in [1.807, 2.05) is 0 Å². The van der Waals surface area contributed by atoms with Crippen molar-refractivity contribution in [2.45, 2.75) is 19.4 Å². The van der Waals surface area contributed by atoms with Gasteiger partial charge in [-0.05, 0) is 25.5 Å². The minimum atomic E-state index is -3.07. The lowest BCUT2D eigenvalue weighted by molar-refractivity contribution is 0.102. The number of amides is 1. The Morgan fingerprint density at radius 1 is 1.26 bits per heavy atom. The Morgan fingerprint density at radius 3 is 2.63 bits per heavy atom. The van der Waals surface area contributed by atoms with E-state index in [-0.39, 0.29) is 28.9 Å². The van der Waals surface area contributed by atoms with Crippen LogP contribution < -0.4 is 10.2 Å². The largest absolute Gasteiger partial charge is 0.356 e. The van der Waals surface area contributed by atoms with Gasteiger partial charge in [-0.25, -0.2) is 27.2 Å². The van der Waals surface area contributed by atoms with Gasteiger partial charge in [0.2, 0.25) is 0 Å². The summed E-state index contributed by atoms with van der Waals surface area (Å²) in [5, 5.41) is 2.34. The monoisotopic (exact) mass is 396 g/mol. The maximum absolute atomic E-state index is 13.7. The van der Waals surface area contributed by atoms with E-state index in [0.717, 1.165) is 12.1 Å². The van der Waals surface area contributed by atoms with Crippen molar-refractivity contribution in [1.29, 1.82) is 0 Å². The van der Waals surface area contributed by atoms with Gasteiger partial charge in [-0.2, -0.15) is 0 Å². The van der Waals surface area contributed by atoms with Gasteiger partial charge in [0.15, 0.2) is 9.84 Å². The molecule has 1 amide bonds. The zero-order chi connectivity index (χ0) is 19.8. The molecule has 7 nitrogen and oxygen atoms in total. The number of sulfone groups is 1. The highest BCUT2D eigenvalue weighted by Gasteiger charge is 2.31. The van der Waals surface area contributed by atoms with Gasteiger partial charge in [-0.1, -0.05) is 0 Å². The summed E-state index contributed by atoms with van der Waals surface area (Å²) in [6, 6.07) is 3.99. The molecule has 1 fully saturated rings. The highest BCUT2D eigenvalue weighted by Crippen LogP contribution is 2.23. The lowest BCUT2D eigenvalue weighted by Gasteiger charge is -2.25. The van der Waals surface area contributed by atoms with Crippen LogP contribution in [0.3, 0.4) is 0 Å². The number of rotatable bonds is 4. The summed E-state index contributed by atoms with van der Waals surface area (Å²) in [5.74, 6) is -1.49. The second-order valence-electron chi connectivity index (χ2n) is 6.40. The van der Waals surface area contributed by atoms with Gasteiger partial charge in [0.25, 0.3) is 5.91 Å². The molecular weight excluding hydrogens is 378 g/mol. The number of halogens is 2. The molecule has 0 saturated carbocycles. The SMILES string of the molecule is Cc1nc(C(=O)Nc2ccc(F)cc2F)cc(N(C)C2CCS(=O)(=O)C2)n1. The van der Waals surface area contributed by atoms with Crippen molar-refractivity contribution in [3.8, 4) is 0 Å². The number of aryl methyl sites for hydroxylation is 1. The number of anilines is 2. The minimum absolute atomic E-state index is 0.00562. The summed E-state index contributed by atoms with van der Waals surface area (Å²) in [7, 11) is -1.37. The van der Waals surface area contributed by atoms with Crippen LogP contribution >= 0.6 is 0 Å². The molecule has 1 unspecified atom stereocenters. The smallest absolute Gasteiger partial charge is 0.274 e. The Morgan fingerprint density at radius 2 is 2.00 bits per heavy atom. The highest BCUT2D eigenvalue weighted by molar-refractivity contribution is 7.91. The van der Waals surface area contributed by atoms with Crippen molar-refractivity contribution in [1.82, 2.24) is 9.97 Å². The normalized spacial score (nSPS) is 18.3. The number of benzene rings is 1. The fourth-order valence-corrected chi connectivity index (χ4v) is 4.67. The van der Waals surface area contributed by atoms with Crippen molar-refractivity contribution in [2.24, 2.45) is 0 Å². The van der Waals surface area contributed by atoms with E-state index in [1.165, 1.54) is 6.07 Å². The zero-order valence-electron chi connectivity index (χ0n) is 14.7. The first-order chi connectivity index (χ1) is 12.6. The zero-order valence-corrected chi connectivity index (χ0v) is 15.6. The fraction of sp³-hybridized carbons (Fsp3) is 0.353. The van der Waals surface area contributed by atoms with Crippen LogP contribution in [0.15, 0.2) is 24.3 Å². The molecular formula is C17H18F2N4O3S. The highest BCUT2D eigenvalue weighted by atomic mass is 32.2. The van der Waals surface area contributed by atoms with E-state index in [9.17, 15) is 22.0 Å². The molecule has 27 heavy (non-hydrogen) atoms. The first-order valence-corrected chi connectivity index (χ1v) is 10.0. The second-order valence-corrected chi connectivity index (χ2v) is 8.63. The molecule has 144 valence electrons. The van der Waals surface area contributed by atoms with Gasteiger partial charge < -0.3 is 10.2 Å². The summed E-state index contributed by atoms with van der Waals surface area (Å²) in [4.78, 5) is 22.4. The Balaban J connectivity index is 1.83. The second kappa shape index (κ2) is 7.18. The van der Waals surface area contributed by atoms with Crippen LogP contribution in [0, 0.1) is 18.6 Å². The van der Waals surface area contributed by atoms with Crippen LogP contribution in [0.5, 0.6) is 0 Å². The maximum atomic E-state index is 13.7. The third-order valence-electron chi connectivity index (χ3n) is 4.35. The molecule has 0 aliphatic carbocycles. The molecule has 1 aromatic carbocycles. The molecule has 1 aromatic heterocycles. The van der Waals surface area contributed by atoms with Gasteiger partial charge in [0, 0.05) is 25.2 Å². The maximum Gasteiger partial charge on any atom is 0.274 e. The predicted molar refractivity (Wildman–Crippen MR) is 96.5 cm³/mol. The van der Waals surface area contributed by atoms with E-state index in [4.69, 9.17) is 0 Å². The average molecular weight is 396 g/mol. The minimum Gasteiger partial charge on any atom is -0.356 e. The Kier molecular flexibility index (Phi) is 5.09. The van der Waals surface area contributed by atoms with Crippen molar-refractivity contribution in [3.05, 3.63) is 47.4 Å². The molecule has 1 N–H and O–H groups in total. The first kappa shape index (κ1) is 19.2. The molecule has 0 spiro atoms. The van der Waals surface area contributed by atoms with Crippen molar-refractivity contribution in [3.63, 3.8) is 0 Å². The van der Waals surface area contributed by atoms with Crippen LogP contribution in [-0.4, -0.2) is 48.9 Å². The predicted octanol–water partition coefficient (Wildman–Crippen LogP) is 1.94. The van der Waals surface area contributed by atoms with Crippen LogP contribution in [-0.2, 0) is 9.84 Å². The van der Waals surface area contributed by atoms with Crippen molar-refractivity contribution in [2.75, 3.05) is 28.8 Å². The number of hydrogen-bond acceptors (Lipinski definition) is 6. The quantitative estimate of drug-likeness (QED) is 0.849. The lowest BCUT2D eigenvalue weighted by Crippen LogP contribution is -2.33. The Bertz CT molecular complexity index is 998. The number of carbonyl (C=O) groups excluding carboxylic acids is 1. The van der Waals surface area contributed by atoms with E-state index >= 15 is 0 Å². The molecule has 0 bridgehead atoms. The summed E-state index contributed by atoms with van der Waals surface area (Å²) in [5.41, 5.74) is -0.177. The van der Waals surface area contributed by atoms with Gasteiger partial charge >= 0.3 is 0 Å².